The SMILES string of the molecule is O=C(NC(c1ccccc1)C1CCCC2CCCCN21)c1cccc(S(F)(F)(F)(F)F)c1. The van der Waals surface area contributed by atoms with Crippen molar-refractivity contribution in [2.45, 2.75) is 61.5 Å². The van der Waals surface area contributed by atoms with Crippen LogP contribution in [0.3, 0.4) is 0 Å². The Morgan fingerprint density at radius 2 is 1.62 bits per heavy atom. The molecule has 3 atom stereocenters. The third-order valence-corrected chi connectivity index (χ3v) is 7.65. The number of fused-ring (bicyclic) bond motifs is 1. The minimum Gasteiger partial charge on any atom is -0.344 e. The Morgan fingerprint density at radius 3 is 2.34 bits per heavy atom. The van der Waals surface area contributed by atoms with Crippen molar-refractivity contribution in [3.63, 3.8) is 0 Å². The van der Waals surface area contributed by atoms with Gasteiger partial charge in [0.05, 0.1) is 6.04 Å². The third-order valence-electron chi connectivity index (χ3n) is 6.51. The summed E-state index contributed by atoms with van der Waals surface area (Å²) < 4.78 is 66.3. The molecule has 2 aromatic carbocycles. The third kappa shape index (κ3) is 5.09. The average molecular weight is 475 g/mol. The lowest BCUT2D eigenvalue weighted by molar-refractivity contribution is 0.0311. The first-order valence-electron chi connectivity index (χ1n) is 10.9. The van der Waals surface area contributed by atoms with Gasteiger partial charge in [-0.15, -0.1) is 0 Å². The van der Waals surface area contributed by atoms with Gasteiger partial charge in [0.2, 0.25) is 0 Å². The van der Waals surface area contributed by atoms with Gasteiger partial charge in [0.15, 0.2) is 0 Å². The molecule has 2 aliphatic heterocycles. The highest BCUT2D eigenvalue weighted by molar-refractivity contribution is 8.45. The van der Waals surface area contributed by atoms with E-state index >= 15 is 0 Å². The van der Waals surface area contributed by atoms with Crippen molar-refractivity contribution >= 4 is 16.1 Å². The summed E-state index contributed by atoms with van der Waals surface area (Å²) in [6, 6.07) is 11.8. The Hall–Kier alpha value is -2.13. The Morgan fingerprint density at radius 1 is 0.906 bits per heavy atom. The van der Waals surface area contributed by atoms with Gasteiger partial charge < -0.3 is 5.32 Å². The number of halogens is 5. The molecule has 176 valence electrons. The van der Waals surface area contributed by atoms with E-state index in [1.54, 1.807) is 0 Å². The van der Waals surface area contributed by atoms with Crippen LogP contribution in [0, 0.1) is 0 Å². The summed E-state index contributed by atoms with van der Waals surface area (Å²) in [6.07, 6.45) is 6.27. The van der Waals surface area contributed by atoms with Gasteiger partial charge in [0.25, 0.3) is 5.91 Å². The van der Waals surface area contributed by atoms with Gasteiger partial charge in [0.1, 0.15) is 4.90 Å². The number of hydrogen-bond donors (Lipinski definition) is 1. The second-order valence-corrected chi connectivity index (χ2v) is 11.2. The summed E-state index contributed by atoms with van der Waals surface area (Å²) in [7, 11) is -9.88. The normalized spacial score (nSPS) is 25.2. The largest absolute Gasteiger partial charge is 0.344 e. The van der Waals surface area contributed by atoms with E-state index in [9.17, 15) is 24.2 Å². The molecule has 2 heterocycles. The molecular formula is C23H27F5N2OS. The van der Waals surface area contributed by atoms with Crippen LogP contribution in [0.15, 0.2) is 59.5 Å². The number of rotatable bonds is 5. The fraction of sp³-hybridized carbons (Fsp3) is 0.435. The van der Waals surface area contributed by atoms with Gasteiger partial charge in [-0.1, -0.05) is 68.7 Å². The molecule has 0 bridgehead atoms. The molecule has 0 aromatic heterocycles. The molecular weight excluding hydrogens is 447 g/mol. The van der Waals surface area contributed by atoms with Crippen molar-refractivity contribution in [1.82, 2.24) is 10.2 Å². The number of carbonyl (C=O) groups excluding carboxylic acids is 1. The number of piperidine rings is 2. The van der Waals surface area contributed by atoms with Crippen LogP contribution >= 0.6 is 10.2 Å². The average Bonchev–Trinajstić information content (AvgIpc) is 2.76. The van der Waals surface area contributed by atoms with Gasteiger partial charge in [-0.25, -0.2) is 0 Å². The smallest absolute Gasteiger partial charge is 0.310 e. The van der Waals surface area contributed by atoms with Crippen LogP contribution in [0.2, 0.25) is 0 Å². The number of carbonyl (C=O) groups is 1. The summed E-state index contributed by atoms with van der Waals surface area (Å²) in [5.74, 6) is -0.790. The summed E-state index contributed by atoms with van der Waals surface area (Å²) in [4.78, 5) is 13.3. The molecule has 0 aliphatic carbocycles. The quantitative estimate of drug-likeness (QED) is 0.464. The number of amides is 1. The predicted molar refractivity (Wildman–Crippen MR) is 116 cm³/mol. The molecule has 4 rings (SSSR count). The molecule has 3 unspecified atom stereocenters. The molecule has 2 fully saturated rings. The number of hydrogen-bond acceptors (Lipinski definition) is 2. The van der Waals surface area contributed by atoms with Crippen LogP contribution in [0.25, 0.3) is 0 Å². The van der Waals surface area contributed by atoms with Crippen LogP contribution in [0.1, 0.15) is 60.5 Å². The first kappa shape index (κ1) is 23.0. The first-order valence-corrected chi connectivity index (χ1v) is 12.8. The summed E-state index contributed by atoms with van der Waals surface area (Å²) in [5.41, 5.74) is 0.420. The molecule has 2 aromatic rings. The van der Waals surface area contributed by atoms with E-state index in [-0.39, 0.29) is 12.1 Å². The van der Waals surface area contributed by atoms with Crippen molar-refractivity contribution in [2.24, 2.45) is 0 Å². The predicted octanol–water partition coefficient (Wildman–Crippen LogP) is 7.22. The van der Waals surface area contributed by atoms with Gasteiger partial charge in [-0.05, 0) is 56.0 Å². The lowest BCUT2D eigenvalue weighted by Gasteiger charge is -2.48. The van der Waals surface area contributed by atoms with Crippen LogP contribution < -0.4 is 5.32 Å². The molecule has 1 amide bonds. The zero-order chi connectivity index (χ0) is 23.0. The van der Waals surface area contributed by atoms with Crippen molar-refractivity contribution in [3.05, 3.63) is 65.7 Å². The van der Waals surface area contributed by atoms with E-state index in [0.29, 0.717) is 12.1 Å². The summed E-state index contributed by atoms with van der Waals surface area (Å²) in [5, 5.41) is 2.88. The molecule has 2 saturated heterocycles. The van der Waals surface area contributed by atoms with E-state index in [1.165, 1.54) is 0 Å². The zero-order valence-corrected chi connectivity index (χ0v) is 18.3. The van der Waals surface area contributed by atoms with Gasteiger partial charge >= 0.3 is 10.2 Å². The Labute approximate surface area is 184 Å². The van der Waals surface area contributed by atoms with Crippen molar-refractivity contribution in [1.29, 1.82) is 0 Å². The molecule has 1 N–H and O–H groups in total. The van der Waals surface area contributed by atoms with E-state index in [1.807, 2.05) is 30.3 Å². The molecule has 2 aliphatic rings. The minimum atomic E-state index is -9.88. The molecule has 9 heteroatoms. The molecule has 0 spiro atoms. The second-order valence-electron chi connectivity index (χ2n) is 8.74. The zero-order valence-electron chi connectivity index (χ0n) is 17.5. The van der Waals surface area contributed by atoms with Crippen molar-refractivity contribution in [3.8, 4) is 0 Å². The van der Waals surface area contributed by atoms with Crippen LogP contribution in [-0.4, -0.2) is 29.4 Å². The van der Waals surface area contributed by atoms with Gasteiger partial charge in [0, 0.05) is 17.6 Å². The van der Waals surface area contributed by atoms with Crippen LogP contribution in [-0.2, 0) is 0 Å². The first-order chi connectivity index (χ1) is 14.9. The van der Waals surface area contributed by atoms with Crippen LogP contribution in [0.5, 0.6) is 0 Å². The number of nitrogens with zero attached hydrogens (tertiary/aromatic N) is 1. The van der Waals surface area contributed by atoms with Gasteiger partial charge in [-0.3, -0.25) is 9.69 Å². The molecule has 0 saturated carbocycles. The Kier molecular flexibility index (Phi) is 5.56. The molecule has 32 heavy (non-hydrogen) atoms. The highest BCUT2D eigenvalue weighted by Gasteiger charge is 2.65. The Bertz CT molecular complexity index is 982. The maximum atomic E-state index is 13.3. The highest BCUT2D eigenvalue weighted by Crippen LogP contribution is 3.02. The number of nitrogens with one attached hydrogen (secondary N) is 1. The van der Waals surface area contributed by atoms with E-state index in [4.69, 9.17) is 0 Å². The standard InChI is InChI=1S/C23H27F5N2OS/c24-32(25,26,27,28)20-13-6-10-18(16-20)23(31)29-22(17-8-2-1-3-9-17)21-14-7-12-19-11-4-5-15-30(19)21/h1-3,6,8-10,13,16,19,21-22H,4-5,7,11-12,14-15H2,(H,29,31). The lowest BCUT2D eigenvalue weighted by atomic mass is 9.84. The molecule has 3 nitrogen and oxygen atoms in total. The van der Waals surface area contributed by atoms with Gasteiger partial charge in [-0.2, -0.15) is 0 Å². The fourth-order valence-corrected chi connectivity index (χ4v) is 5.71. The lowest BCUT2D eigenvalue weighted by Crippen LogP contribution is -2.54. The Balaban J connectivity index is 1.65. The summed E-state index contributed by atoms with van der Waals surface area (Å²) >= 11 is 0. The number of benzene rings is 2. The second kappa shape index (κ2) is 7.73. The van der Waals surface area contributed by atoms with Crippen molar-refractivity contribution < 1.29 is 24.2 Å². The van der Waals surface area contributed by atoms with E-state index < -0.39 is 32.6 Å². The topological polar surface area (TPSA) is 32.3 Å². The fourth-order valence-electron chi connectivity index (χ4n) is 5.02. The minimum absolute atomic E-state index is 0.000739. The van der Waals surface area contributed by atoms with Crippen molar-refractivity contribution in [2.75, 3.05) is 6.54 Å². The maximum absolute atomic E-state index is 13.3. The van der Waals surface area contributed by atoms with E-state index in [0.717, 1.165) is 62.8 Å². The highest BCUT2D eigenvalue weighted by atomic mass is 32.5. The molecule has 0 radical (unpaired) electrons. The monoisotopic (exact) mass is 474 g/mol. The van der Waals surface area contributed by atoms with E-state index in [2.05, 4.69) is 10.2 Å². The maximum Gasteiger partial charge on any atom is 0.310 e. The van der Waals surface area contributed by atoms with Crippen LogP contribution in [0.4, 0.5) is 19.4 Å². The summed E-state index contributed by atoms with van der Waals surface area (Å²) in [6.45, 7) is 0.911.